The molecule has 1 aliphatic rings. The van der Waals surface area contributed by atoms with Gasteiger partial charge in [0, 0.05) is 18.5 Å². The first-order valence-electron chi connectivity index (χ1n) is 8.10. The van der Waals surface area contributed by atoms with Crippen molar-refractivity contribution in [1.82, 2.24) is 4.90 Å². The maximum absolute atomic E-state index is 3.22. The lowest BCUT2D eigenvalue weighted by Crippen LogP contribution is -2.33. The van der Waals surface area contributed by atoms with Crippen molar-refractivity contribution in [2.45, 2.75) is 40.2 Å². The minimum atomic E-state index is 0.0751. The second kappa shape index (κ2) is 7.47. The molecule has 0 bridgehead atoms. The maximum Gasteiger partial charge on any atom is 0.0240 e. The van der Waals surface area contributed by atoms with Crippen LogP contribution in [0.15, 0.2) is 30.4 Å². The van der Waals surface area contributed by atoms with Crippen molar-refractivity contribution in [3.63, 3.8) is 0 Å². The Hall–Kier alpha value is -1.78. The van der Waals surface area contributed by atoms with E-state index in [-0.39, 0.29) is 5.41 Å². The van der Waals surface area contributed by atoms with Crippen LogP contribution >= 0.6 is 0 Å². The normalized spacial score (nSPS) is 14.0. The molecule has 0 unspecified atom stereocenters. The summed E-state index contributed by atoms with van der Waals surface area (Å²) in [5.41, 5.74) is 1.50. The quantitative estimate of drug-likeness (QED) is 0.771. The Balaban J connectivity index is 1.98. The van der Waals surface area contributed by atoms with Crippen LogP contribution in [0.2, 0.25) is 0 Å². The van der Waals surface area contributed by atoms with E-state index in [1.165, 1.54) is 22.4 Å². The Morgan fingerprint density at radius 1 is 1.18 bits per heavy atom. The third kappa shape index (κ3) is 5.20. The van der Waals surface area contributed by atoms with Crippen molar-refractivity contribution in [2.75, 3.05) is 13.6 Å². The van der Waals surface area contributed by atoms with Crippen molar-refractivity contribution in [2.24, 2.45) is 5.41 Å². The molecule has 0 saturated heterocycles. The van der Waals surface area contributed by atoms with Gasteiger partial charge in [-0.1, -0.05) is 48.3 Å². The molecule has 0 spiro atoms. The Bertz CT molecular complexity index is 705. The molecule has 1 nitrogen and oxygen atoms in total. The summed E-state index contributed by atoms with van der Waals surface area (Å²) in [4.78, 5) is 2.33. The molecule has 1 aliphatic carbocycles. The summed E-state index contributed by atoms with van der Waals surface area (Å²) >= 11 is 0. The summed E-state index contributed by atoms with van der Waals surface area (Å²) in [6.07, 6.45) is 11.2. The van der Waals surface area contributed by atoms with E-state index in [4.69, 9.17) is 0 Å². The van der Waals surface area contributed by atoms with Crippen molar-refractivity contribution in [1.29, 1.82) is 0 Å². The Labute approximate surface area is 135 Å². The number of nitrogens with zero attached hydrogens (tertiary/aromatic N) is 1. The highest BCUT2D eigenvalue weighted by molar-refractivity contribution is 5.41. The van der Waals surface area contributed by atoms with E-state index in [0.717, 1.165) is 19.5 Å². The molecule has 2 rings (SSSR count). The van der Waals surface area contributed by atoms with Crippen molar-refractivity contribution >= 4 is 12.2 Å². The lowest BCUT2D eigenvalue weighted by Gasteiger charge is -2.15. The zero-order chi connectivity index (χ0) is 16.0. The Morgan fingerprint density at radius 3 is 2.73 bits per heavy atom. The van der Waals surface area contributed by atoms with Gasteiger partial charge in [-0.3, -0.25) is 4.90 Å². The first-order valence-corrected chi connectivity index (χ1v) is 8.10. The standard InChI is InChI=1S/C21H27N/c1-21(2,3)15-8-5-9-16-22(4)17-19-13-10-12-18-11-6-7-14-20(18)19/h5,9-14H,6-7,16-17H2,1-4H3. The summed E-state index contributed by atoms with van der Waals surface area (Å²) in [5, 5.41) is 2.82. The van der Waals surface area contributed by atoms with Crippen molar-refractivity contribution < 1.29 is 0 Å². The van der Waals surface area contributed by atoms with Crippen LogP contribution in [0.25, 0.3) is 12.2 Å². The maximum atomic E-state index is 3.22. The molecule has 1 aromatic rings. The molecule has 0 heterocycles. The van der Waals surface area contributed by atoms with Crippen LogP contribution in [0, 0.1) is 17.3 Å². The number of benzene rings is 1. The van der Waals surface area contributed by atoms with Crippen LogP contribution < -0.4 is 10.4 Å². The highest BCUT2D eigenvalue weighted by Crippen LogP contribution is 2.09. The predicted molar refractivity (Wildman–Crippen MR) is 96.6 cm³/mol. The summed E-state index contributed by atoms with van der Waals surface area (Å²) in [6, 6.07) is 6.63. The number of allylic oxidation sites excluding steroid dienone is 1. The molecule has 0 fully saturated rings. The lowest BCUT2D eigenvalue weighted by molar-refractivity contribution is 0.362. The molecule has 0 aliphatic heterocycles. The van der Waals surface area contributed by atoms with Crippen LogP contribution in [0.1, 0.15) is 39.2 Å². The smallest absolute Gasteiger partial charge is 0.0240 e. The highest BCUT2D eigenvalue weighted by Gasteiger charge is 2.03. The van der Waals surface area contributed by atoms with Gasteiger partial charge in [-0.25, -0.2) is 0 Å². The SMILES string of the molecule is CN(CC=CC#CC(C)(C)C)Cc1cccc2c1=CCCC=2. The van der Waals surface area contributed by atoms with Crippen molar-refractivity contribution in [3.05, 3.63) is 46.4 Å². The van der Waals surface area contributed by atoms with E-state index in [1.807, 2.05) is 6.08 Å². The van der Waals surface area contributed by atoms with E-state index in [1.54, 1.807) is 0 Å². The van der Waals surface area contributed by atoms with Gasteiger partial charge < -0.3 is 0 Å². The third-order valence-corrected chi connectivity index (χ3v) is 3.62. The number of hydrogen-bond acceptors (Lipinski definition) is 1. The average molecular weight is 293 g/mol. The van der Waals surface area contributed by atoms with Crippen LogP contribution in [0.5, 0.6) is 0 Å². The minimum absolute atomic E-state index is 0.0751. The van der Waals surface area contributed by atoms with Gasteiger partial charge in [-0.2, -0.15) is 0 Å². The molecule has 22 heavy (non-hydrogen) atoms. The van der Waals surface area contributed by atoms with Gasteiger partial charge in [0.05, 0.1) is 0 Å². The Morgan fingerprint density at radius 2 is 1.95 bits per heavy atom. The topological polar surface area (TPSA) is 3.24 Å². The average Bonchev–Trinajstić information content (AvgIpc) is 2.46. The first kappa shape index (κ1) is 16.6. The monoisotopic (exact) mass is 293 g/mol. The van der Waals surface area contributed by atoms with Gasteiger partial charge in [0.25, 0.3) is 0 Å². The van der Waals surface area contributed by atoms with E-state index in [2.05, 4.69) is 81.0 Å². The summed E-state index contributed by atoms with van der Waals surface area (Å²) in [7, 11) is 2.16. The van der Waals surface area contributed by atoms with Gasteiger partial charge >= 0.3 is 0 Å². The second-order valence-corrected chi connectivity index (χ2v) is 7.02. The van der Waals surface area contributed by atoms with Crippen molar-refractivity contribution in [3.8, 4) is 11.8 Å². The molecule has 116 valence electrons. The largest absolute Gasteiger partial charge is 0.298 e. The molecule has 0 saturated carbocycles. The van der Waals surface area contributed by atoms with Crippen LogP contribution in [-0.4, -0.2) is 18.5 Å². The molecule has 1 heteroatoms. The van der Waals surface area contributed by atoms with E-state index in [0.29, 0.717) is 0 Å². The third-order valence-electron chi connectivity index (χ3n) is 3.62. The van der Waals surface area contributed by atoms with Gasteiger partial charge in [0.1, 0.15) is 0 Å². The molecule has 0 aromatic heterocycles. The molecular formula is C21H27N. The molecule has 0 amide bonds. The molecule has 0 N–H and O–H groups in total. The number of rotatable bonds is 4. The highest BCUT2D eigenvalue weighted by atomic mass is 15.1. The number of likely N-dealkylation sites (N-methyl/N-ethyl adjacent to an activating group) is 1. The van der Waals surface area contributed by atoms with Crippen LogP contribution in [0.4, 0.5) is 0 Å². The predicted octanol–water partition coefficient (Wildman–Crippen LogP) is 3.08. The Kier molecular flexibility index (Phi) is 5.63. The first-order chi connectivity index (χ1) is 10.5. The van der Waals surface area contributed by atoms with Gasteiger partial charge in [-0.05, 0) is 62.7 Å². The minimum Gasteiger partial charge on any atom is -0.298 e. The fraction of sp³-hybridized carbons (Fsp3) is 0.429. The summed E-state index contributed by atoms with van der Waals surface area (Å²) in [5.74, 6) is 6.35. The van der Waals surface area contributed by atoms with Gasteiger partial charge in [-0.15, -0.1) is 0 Å². The molecular weight excluding hydrogens is 266 g/mol. The van der Waals surface area contributed by atoms with Crippen LogP contribution in [-0.2, 0) is 6.54 Å². The summed E-state index contributed by atoms with van der Waals surface area (Å²) in [6.45, 7) is 8.29. The fourth-order valence-corrected chi connectivity index (χ4v) is 2.57. The van der Waals surface area contributed by atoms with E-state index in [9.17, 15) is 0 Å². The second-order valence-electron chi connectivity index (χ2n) is 7.02. The fourth-order valence-electron chi connectivity index (χ4n) is 2.57. The van der Waals surface area contributed by atoms with Gasteiger partial charge in [0.15, 0.2) is 0 Å². The number of fused-ring (bicyclic) bond motifs is 1. The van der Waals surface area contributed by atoms with E-state index >= 15 is 0 Å². The lowest BCUT2D eigenvalue weighted by atomic mass is 9.98. The molecule has 0 atom stereocenters. The number of hydrogen-bond donors (Lipinski definition) is 0. The summed E-state index contributed by atoms with van der Waals surface area (Å²) < 4.78 is 0. The zero-order valence-corrected chi connectivity index (χ0v) is 14.3. The van der Waals surface area contributed by atoms with Crippen LogP contribution in [0.3, 0.4) is 0 Å². The molecule has 0 radical (unpaired) electrons. The van der Waals surface area contributed by atoms with Gasteiger partial charge in [0.2, 0.25) is 0 Å². The zero-order valence-electron chi connectivity index (χ0n) is 14.3. The molecule has 1 aromatic carbocycles. The van der Waals surface area contributed by atoms with E-state index < -0.39 is 0 Å².